The summed E-state index contributed by atoms with van der Waals surface area (Å²) in [5.74, 6) is 1.08. The predicted octanol–water partition coefficient (Wildman–Crippen LogP) is 3.11. The zero-order chi connectivity index (χ0) is 15.0. The van der Waals surface area contributed by atoms with Crippen molar-refractivity contribution in [2.75, 3.05) is 19.8 Å². The zero-order valence-corrected chi connectivity index (χ0v) is 13.1. The van der Waals surface area contributed by atoms with E-state index in [4.69, 9.17) is 9.47 Å². The highest BCUT2D eigenvalue weighted by Gasteiger charge is 2.39. The number of nitrogens with zero attached hydrogens (tertiary/aromatic N) is 1. The van der Waals surface area contributed by atoms with Crippen molar-refractivity contribution < 1.29 is 14.6 Å². The number of morpholine rings is 1. The summed E-state index contributed by atoms with van der Waals surface area (Å²) < 4.78 is 11.7. The number of fused-ring (bicyclic) bond motifs is 1. The van der Waals surface area contributed by atoms with Crippen LogP contribution in [0.15, 0.2) is 18.2 Å². The van der Waals surface area contributed by atoms with Crippen LogP contribution in [-0.4, -0.2) is 41.4 Å². The minimum absolute atomic E-state index is 0.220. The molecular weight excluding hydrogens is 266 g/mol. The van der Waals surface area contributed by atoms with E-state index in [1.165, 1.54) is 5.56 Å². The highest BCUT2D eigenvalue weighted by atomic mass is 16.5. The lowest BCUT2D eigenvalue weighted by Gasteiger charge is -2.46. The fourth-order valence-corrected chi connectivity index (χ4v) is 3.53. The molecule has 2 atom stereocenters. The second-order valence-electron chi connectivity index (χ2n) is 6.68. The molecule has 1 aromatic rings. The molecule has 0 spiro atoms. The molecule has 2 heterocycles. The number of hydrogen-bond acceptors (Lipinski definition) is 4. The van der Waals surface area contributed by atoms with Crippen molar-refractivity contribution in [1.82, 2.24) is 4.90 Å². The third-order valence-electron chi connectivity index (χ3n) is 4.57. The van der Waals surface area contributed by atoms with Gasteiger partial charge in [-0.1, -0.05) is 13.0 Å². The van der Waals surface area contributed by atoms with Crippen LogP contribution >= 0.6 is 0 Å². The summed E-state index contributed by atoms with van der Waals surface area (Å²) in [6, 6.07) is 6.30. The van der Waals surface area contributed by atoms with Crippen molar-refractivity contribution in [2.24, 2.45) is 0 Å². The predicted molar refractivity (Wildman–Crippen MR) is 81.8 cm³/mol. The molecule has 1 saturated heterocycles. The average molecular weight is 291 g/mol. The molecule has 21 heavy (non-hydrogen) atoms. The highest BCUT2D eigenvalue weighted by molar-refractivity contribution is 5.44. The molecule has 2 aliphatic heterocycles. The molecule has 3 rings (SSSR count). The summed E-state index contributed by atoms with van der Waals surface area (Å²) in [6.07, 6.45) is 2.05. The van der Waals surface area contributed by atoms with Crippen LogP contribution in [0, 0.1) is 0 Å². The van der Waals surface area contributed by atoms with Crippen molar-refractivity contribution in [3.8, 4) is 11.5 Å². The van der Waals surface area contributed by atoms with Gasteiger partial charge in [-0.2, -0.15) is 0 Å². The van der Waals surface area contributed by atoms with E-state index in [0.717, 1.165) is 38.3 Å². The van der Waals surface area contributed by atoms with Crippen LogP contribution in [-0.2, 0) is 4.74 Å². The van der Waals surface area contributed by atoms with Gasteiger partial charge >= 0.3 is 0 Å². The molecular formula is C17H25NO3. The third kappa shape index (κ3) is 2.87. The van der Waals surface area contributed by atoms with Crippen LogP contribution in [0.3, 0.4) is 0 Å². The van der Waals surface area contributed by atoms with Crippen LogP contribution in [0.1, 0.15) is 45.2 Å². The van der Waals surface area contributed by atoms with Crippen molar-refractivity contribution >= 4 is 0 Å². The lowest BCUT2D eigenvalue weighted by molar-refractivity contribution is -0.0561. The first kappa shape index (κ1) is 14.7. The second-order valence-corrected chi connectivity index (χ2v) is 6.68. The SMILES string of the molecule is CCC1COCCN1C1CC(C)(C)Oc2cc(O)ccc21. The smallest absolute Gasteiger partial charge is 0.128 e. The van der Waals surface area contributed by atoms with E-state index in [2.05, 4.69) is 25.7 Å². The fourth-order valence-electron chi connectivity index (χ4n) is 3.53. The zero-order valence-electron chi connectivity index (χ0n) is 13.1. The van der Waals surface area contributed by atoms with Crippen LogP contribution in [0.5, 0.6) is 11.5 Å². The number of benzene rings is 1. The number of aromatic hydroxyl groups is 1. The van der Waals surface area contributed by atoms with E-state index in [0.29, 0.717) is 12.1 Å². The first-order valence-corrected chi connectivity index (χ1v) is 7.85. The van der Waals surface area contributed by atoms with Gasteiger partial charge in [-0.3, -0.25) is 4.90 Å². The molecule has 1 aromatic carbocycles. The molecule has 2 aliphatic rings. The largest absolute Gasteiger partial charge is 0.508 e. The summed E-state index contributed by atoms with van der Waals surface area (Å²) in [4.78, 5) is 2.56. The third-order valence-corrected chi connectivity index (χ3v) is 4.57. The molecule has 4 nitrogen and oxygen atoms in total. The summed E-state index contributed by atoms with van der Waals surface area (Å²) >= 11 is 0. The Hall–Kier alpha value is -1.26. The van der Waals surface area contributed by atoms with Gasteiger partial charge in [0.25, 0.3) is 0 Å². The Kier molecular flexibility index (Phi) is 3.84. The van der Waals surface area contributed by atoms with Gasteiger partial charge in [0.1, 0.15) is 17.1 Å². The molecule has 116 valence electrons. The number of phenolic OH excluding ortho intramolecular Hbond substituents is 1. The summed E-state index contributed by atoms with van der Waals surface area (Å²) in [5.41, 5.74) is 0.967. The Morgan fingerprint density at radius 2 is 2.19 bits per heavy atom. The lowest BCUT2D eigenvalue weighted by atomic mass is 9.87. The molecule has 4 heteroatoms. The van der Waals surface area contributed by atoms with Crippen LogP contribution in [0.25, 0.3) is 0 Å². The molecule has 0 aliphatic carbocycles. The minimum Gasteiger partial charge on any atom is -0.508 e. The Bertz CT molecular complexity index is 515. The molecule has 2 unspecified atom stereocenters. The van der Waals surface area contributed by atoms with E-state index in [1.54, 1.807) is 12.1 Å². The molecule has 1 N–H and O–H groups in total. The first-order valence-electron chi connectivity index (χ1n) is 7.85. The maximum Gasteiger partial charge on any atom is 0.128 e. The van der Waals surface area contributed by atoms with Gasteiger partial charge in [-0.05, 0) is 26.3 Å². The van der Waals surface area contributed by atoms with E-state index < -0.39 is 0 Å². The fraction of sp³-hybridized carbons (Fsp3) is 0.647. The number of hydrogen-bond donors (Lipinski definition) is 1. The maximum atomic E-state index is 9.74. The number of rotatable bonds is 2. The van der Waals surface area contributed by atoms with Crippen molar-refractivity contribution in [3.63, 3.8) is 0 Å². The Balaban J connectivity index is 1.97. The lowest BCUT2D eigenvalue weighted by Crippen LogP contribution is -2.50. The average Bonchev–Trinajstić information content (AvgIpc) is 2.45. The summed E-state index contributed by atoms with van der Waals surface area (Å²) in [7, 11) is 0. The van der Waals surface area contributed by atoms with E-state index in [1.807, 2.05) is 6.07 Å². The van der Waals surface area contributed by atoms with Crippen LogP contribution in [0.4, 0.5) is 0 Å². The van der Waals surface area contributed by atoms with Gasteiger partial charge in [0.15, 0.2) is 0 Å². The standard InChI is InChI=1S/C17H25NO3/c1-4-12-11-20-8-7-18(12)15-10-17(2,3)21-16-9-13(19)5-6-14(15)16/h5-6,9,12,15,19H,4,7-8,10-11H2,1-3H3. The minimum atomic E-state index is -0.220. The quantitative estimate of drug-likeness (QED) is 0.909. The van der Waals surface area contributed by atoms with E-state index >= 15 is 0 Å². The van der Waals surface area contributed by atoms with Gasteiger partial charge in [-0.25, -0.2) is 0 Å². The first-order chi connectivity index (χ1) is 10.00. The Morgan fingerprint density at radius 1 is 1.38 bits per heavy atom. The second kappa shape index (κ2) is 5.50. The molecule has 0 saturated carbocycles. The summed E-state index contributed by atoms with van der Waals surface area (Å²) in [6.45, 7) is 9.01. The van der Waals surface area contributed by atoms with Crippen molar-refractivity contribution in [3.05, 3.63) is 23.8 Å². The number of ether oxygens (including phenoxy) is 2. The topological polar surface area (TPSA) is 41.9 Å². The molecule has 0 aromatic heterocycles. The molecule has 0 radical (unpaired) electrons. The Labute approximate surface area is 126 Å². The van der Waals surface area contributed by atoms with Gasteiger partial charge in [0.2, 0.25) is 0 Å². The van der Waals surface area contributed by atoms with E-state index in [9.17, 15) is 5.11 Å². The monoisotopic (exact) mass is 291 g/mol. The van der Waals surface area contributed by atoms with Gasteiger partial charge in [0.05, 0.1) is 13.2 Å². The maximum absolute atomic E-state index is 9.74. The number of phenols is 1. The molecule has 0 bridgehead atoms. The highest BCUT2D eigenvalue weighted by Crippen LogP contribution is 2.44. The molecule has 0 amide bonds. The molecule has 1 fully saturated rings. The summed E-state index contributed by atoms with van der Waals surface area (Å²) in [5, 5.41) is 9.74. The van der Waals surface area contributed by atoms with Crippen molar-refractivity contribution in [2.45, 2.75) is 51.3 Å². The van der Waals surface area contributed by atoms with Crippen LogP contribution in [0.2, 0.25) is 0 Å². The van der Waals surface area contributed by atoms with Gasteiger partial charge < -0.3 is 14.6 Å². The van der Waals surface area contributed by atoms with Crippen molar-refractivity contribution in [1.29, 1.82) is 0 Å². The van der Waals surface area contributed by atoms with Gasteiger partial charge in [0, 0.05) is 36.7 Å². The van der Waals surface area contributed by atoms with Crippen LogP contribution < -0.4 is 4.74 Å². The van der Waals surface area contributed by atoms with E-state index in [-0.39, 0.29) is 11.4 Å². The normalized spacial score (nSPS) is 28.7. The van der Waals surface area contributed by atoms with Gasteiger partial charge in [-0.15, -0.1) is 0 Å². The Morgan fingerprint density at radius 3 is 2.95 bits per heavy atom.